The predicted octanol–water partition coefficient (Wildman–Crippen LogP) is 5.17. The molecule has 0 bridgehead atoms. The van der Waals surface area contributed by atoms with Crippen molar-refractivity contribution >= 4 is 33.1 Å². The molecule has 0 aliphatic carbocycles. The average Bonchev–Trinajstić information content (AvgIpc) is 2.62. The molecule has 0 aromatic heterocycles. The highest BCUT2D eigenvalue weighted by atomic mass is 16.1. The third-order valence-corrected chi connectivity index (χ3v) is 4.24. The van der Waals surface area contributed by atoms with E-state index in [4.69, 9.17) is 0 Å². The number of rotatable bonds is 3. The highest BCUT2D eigenvalue weighted by Crippen LogP contribution is 2.23. The van der Waals surface area contributed by atoms with Gasteiger partial charge in [0.15, 0.2) is 0 Å². The third-order valence-electron chi connectivity index (χ3n) is 4.24. The molecule has 116 valence electrons. The first-order valence-electron chi connectivity index (χ1n) is 8.05. The van der Waals surface area contributed by atoms with Crippen LogP contribution in [-0.2, 0) is 11.2 Å². The lowest BCUT2D eigenvalue weighted by Gasteiger charge is -2.09. The Labute approximate surface area is 140 Å². The van der Waals surface area contributed by atoms with Gasteiger partial charge in [0.25, 0.3) is 0 Å². The van der Waals surface area contributed by atoms with Crippen molar-refractivity contribution in [2.75, 3.05) is 5.32 Å². The minimum absolute atomic E-state index is 0.00151. The summed E-state index contributed by atoms with van der Waals surface area (Å²) >= 11 is 0. The first-order chi connectivity index (χ1) is 11.8. The van der Waals surface area contributed by atoms with Crippen LogP contribution in [-0.4, -0.2) is 5.91 Å². The summed E-state index contributed by atoms with van der Waals surface area (Å²) in [6.45, 7) is 0. The summed E-state index contributed by atoms with van der Waals surface area (Å²) in [7, 11) is 0. The van der Waals surface area contributed by atoms with E-state index in [1.54, 1.807) is 0 Å². The van der Waals surface area contributed by atoms with E-state index >= 15 is 0 Å². The molecule has 4 aromatic rings. The Balaban J connectivity index is 1.57. The van der Waals surface area contributed by atoms with Gasteiger partial charge < -0.3 is 5.32 Å². The van der Waals surface area contributed by atoms with Crippen LogP contribution in [0.4, 0.5) is 5.69 Å². The van der Waals surface area contributed by atoms with Crippen LogP contribution in [0.1, 0.15) is 5.56 Å². The molecule has 0 fully saturated rings. The molecule has 1 amide bonds. The lowest BCUT2D eigenvalue weighted by Crippen LogP contribution is -2.14. The van der Waals surface area contributed by atoms with Gasteiger partial charge in [0.2, 0.25) is 5.91 Å². The second-order valence-electron chi connectivity index (χ2n) is 5.93. The van der Waals surface area contributed by atoms with Crippen LogP contribution in [0.25, 0.3) is 21.5 Å². The van der Waals surface area contributed by atoms with Gasteiger partial charge in [0, 0.05) is 11.1 Å². The van der Waals surface area contributed by atoms with Crippen LogP contribution in [0.5, 0.6) is 0 Å². The topological polar surface area (TPSA) is 29.1 Å². The van der Waals surface area contributed by atoms with Crippen molar-refractivity contribution < 1.29 is 4.79 Å². The maximum atomic E-state index is 12.5. The van der Waals surface area contributed by atoms with Crippen LogP contribution < -0.4 is 5.32 Å². The molecule has 2 nitrogen and oxygen atoms in total. The van der Waals surface area contributed by atoms with Gasteiger partial charge in [-0.3, -0.25) is 4.79 Å². The third kappa shape index (κ3) is 2.86. The van der Waals surface area contributed by atoms with Gasteiger partial charge in [-0.05, 0) is 27.8 Å². The number of hydrogen-bond donors (Lipinski definition) is 1. The van der Waals surface area contributed by atoms with Gasteiger partial charge in [0.05, 0.1) is 6.42 Å². The SMILES string of the molecule is O=C(Cc1ccc2ccccc2c1)Nc1cccc2ccccc12. The summed E-state index contributed by atoms with van der Waals surface area (Å²) in [6.07, 6.45) is 0.369. The highest BCUT2D eigenvalue weighted by molar-refractivity contribution is 6.02. The van der Waals surface area contributed by atoms with Crippen molar-refractivity contribution in [3.63, 3.8) is 0 Å². The van der Waals surface area contributed by atoms with Crippen LogP contribution >= 0.6 is 0 Å². The summed E-state index contributed by atoms with van der Waals surface area (Å²) in [4.78, 5) is 12.5. The van der Waals surface area contributed by atoms with Crippen molar-refractivity contribution in [2.24, 2.45) is 0 Å². The molecule has 0 atom stereocenters. The minimum atomic E-state index is 0.00151. The van der Waals surface area contributed by atoms with E-state index in [0.717, 1.165) is 27.4 Å². The van der Waals surface area contributed by atoms with Crippen molar-refractivity contribution in [3.05, 3.63) is 90.5 Å². The molecule has 0 saturated heterocycles. The molecule has 0 unspecified atom stereocenters. The van der Waals surface area contributed by atoms with E-state index in [9.17, 15) is 4.79 Å². The van der Waals surface area contributed by atoms with Crippen LogP contribution in [0.3, 0.4) is 0 Å². The maximum Gasteiger partial charge on any atom is 0.228 e. The number of fused-ring (bicyclic) bond motifs is 2. The van der Waals surface area contributed by atoms with Crippen molar-refractivity contribution in [3.8, 4) is 0 Å². The van der Waals surface area contributed by atoms with E-state index in [2.05, 4.69) is 29.6 Å². The Hall–Kier alpha value is -3.13. The van der Waals surface area contributed by atoms with E-state index in [1.807, 2.05) is 60.7 Å². The van der Waals surface area contributed by atoms with Gasteiger partial charge >= 0.3 is 0 Å². The summed E-state index contributed by atoms with van der Waals surface area (Å²) in [5, 5.41) is 7.58. The molecule has 0 spiro atoms. The van der Waals surface area contributed by atoms with Crippen molar-refractivity contribution in [2.45, 2.75) is 6.42 Å². The molecule has 0 aliphatic rings. The normalized spacial score (nSPS) is 10.8. The maximum absolute atomic E-state index is 12.5. The molecule has 0 aliphatic heterocycles. The number of anilines is 1. The monoisotopic (exact) mass is 311 g/mol. The summed E-state index contributed by atoms with van der Waals surface area (Å²) in [5.74, 6) is 0.00151. The molecule has 0 saturated carbocycles. The zero-order chi connectivity index (χ0) is 16.4. The van der Waals surface area contributed by atoms with E-state index in [1.165, 1.54) is 5.39 Å². The Morgan fingerprint density at radius 1 is 0.708 bits per heavy atom. The summed E-state index contributed by atoms with van der Waals surface area (Å²) in [6, 6.07) is 28.4. The van der Waals surface area contributed by atoms with Gasteiger partial charge in [-0.25, -0.2) is 0 Å². The first kappa shape index (κ1) is 14.5. The van der Waals surface area contributed by atoms with Gasteiger partial charge in [0.1, 0.15) is 0 Å². The summed E-state index contributed by atoms with van der Waals surface area (Å²) in [5.41, 5.74) is 1.88. The molecule has 1 N–H and O–H groups in total. The number of hydrogen-bond acceptors (Lipinski definition) is 1. The largest absolute Gasteiger partial charge is 0.325 e. The Morgan fingerprint density at radius 2 is 1.42 bits per heavy atom. The molecular weight excluding hydrogens is 294 g/mol. The fraction of sp³-hybridized carbons (Fsp3) is 0.0455. The zero-order valence-corrected chi connectivity index (χ0v) is 13.2. The highest BCUT2D eigenvalue weighted by Gasteiger charge is 2.07. The molecule has 0 heterocycles. The smallest absolute Gasteiger partial charge is 0.228 e. The molecule has 2 heteroatoms. The quantitative estimate of drug-likeness (QED) is 0.555. The van der Waals surface area contributed by atoms with Gasteiger partial charge in [-0.1, -0.05) is 78.9 Å². The number of carbonyl (C=O) groups excluding carboxylic acids is 1. The minimum Gasteiger partial charge on any atom is -0.325 e. The van der Waals surface area contributed by atoms with E-state index in [0.29, 0.717) is 6.42 Å². The fourth-order valence-corrected chi connectivity index (χ4v) is 3.06. The fourth-order valence-electron chi connectivity index (χ4n) is 3.06. The lowest BCUT2D eigenvalue weighted by molar-refractivity contribution is -0.115. The Kier molecular flexibility index (Phi) is 3.72. The number of nitrogens with one attached hydrogen (secondary N) is 1. The van der Waals surface area contributed by atoms with Crippen LogP contribution in [0.2, 0.25) is 0 Å². The van der Waals surface area contributed by atoms with Crippen molar-refractivity contribution in [1.29, 1.82) is 0 Å². The van der Waals surface area contributed by atoms with Gasteiger partial charge in [-0.2, -0.15) is 0 Å². The van der Waals surface area contributed by atoms with Crippen molar-refractivity contribution in [1.82, 2.24) is 0 Å². The molecule has 0 radical (unpaired) electrons. The molecule has 4 aromatic carbocycles. The average molecular weight is 311 g/mol. The number of carbonyl (C=O) groups is 1. The second kappa shape index (κ2) is 6.17. The summed E-state index contributed by atoms with van der Waals surface area (Å²) < 4.78 is 0. The predicted molar refractivity (Wildman–Crippen MR) is 100 cm³/mol. The lowest BCUT2D eigenvalue weighted by atomic mass is 10.0. The van der Waals surface area contributed by atoms with E-state index < -0.39 is 0 Å². The number of benzene rings is 4. The molecule has 24 heavy (non-hydrogen) atoms. The molecular formula is C22H17NO. The zero-order valence-electron chi connectivity index (χ0n) is 13.2. The molecule has 4 rings (SSSR count). The van der Waals surface area contributed by atoms with Gasteiger partial charge in [-0.15, -0.1) is 0 Å². The Morgan fingerprint density at radius 3 is 2.29 bits per heavy atom. The van der Waals surface area contributed by atoms with Crippen LogP contribution in [0, 0.1) is 0 Å². The number of amides is 1. The Bertz CT molecular complexity index is 1030. The van der Waals surface area contributed by atoms with E-state index in [-0.39, 0.29) is 5.91 Å². The second-order valence-corrected chi connectivity index (χ2v) is 5.93. The first-order valence-corrected chi connectivity index (χ1v) is 8.05. The standard InChI is InChI=1S/C22H17NO/c24-22(15-16-12-13-17-6-1-2-8-19(17)14-16)23-21-11-5-9-18-7-3-4-10-20(18)21/h1-14H,15H2,(H,23,24). The van der Waals surface area contributed by atoms with Crippen LogP contribution in [0.15, 0.2) is 84.9 Å².